The third-order valence-electron chi connectivity index (χ3n) is 3.22. The van der Waals surface area contributed by atoms with Crippen molar-refractivity contribution in [1.82, 2.24) is 10.2 Å². The average molecular weight is 240 g/mol. The van der Waals surface area contributed by atoms with Crippen molar-refractivity contribution in [2.45, 2.75) is 52.0 Å². The van der Waals surface area contributed by atoms with E-state index in [1.807, 2.05) is 0 Å². The summed E-state index contributed by atoms with van der Waals surface area (Å²) in [5, 5.41) is 2.92. The Bertz CT molecular complexity index is 266. The van der Waals surface area contributed by atoms with Gasteiger partial charge in [-0.2, -0.15) is 0 Å². The summed E-state index contributed by atoms with van der Waals surface area (Å²) in [6.45, 7) is 5.88. The van der Waals surface area contributed by atoms with Gasteiger partial charge in [0, 0.05) is 19.0 Å². The van der Waals surface area contributed by atoms with E-state index in [4.69, 9.17) is 0 Å². The highest BCUT2D eigenvalue weighted by atomic mass is 16.2. The molecule has 98 valence electrons. The van der Waals surface area contributed by atoms with Crippen molar-refractivity contribution in [2.75, 3.05) is 19.6 Å². The fraction of sp³-hybridized carbons (Fsp3) is 0.846. The summed E-state index contributed by atoms with van der Waals surface area (Å²) < 4.78 is 0. The van der Waals surface area contributed by atoms with Crippen LogP contribution < -0.4 is 5.32 Å². The number of nitrogens with zero attached hydrogens (tertiary/aromatic N) is 1. The Morgan fingerprint density at radius 1 is 1.41 bits per heavy atom. The molecule has 1 heterocycles. The van der Waals surface area contributed by atoms with E-state index in [1.54, 1.807) is 6.92 Å². The molecule has 1 rings (SSSR count). The lowest BCUT2D eigenvalue weighted by Crippen LogP contribution is -2.40. The summed E-state index contributed by atoms with van der Waals surface area (Å²) >= 11 is 0. The predicted octanol–water partition coefficient (Wildman–Crippen LogP) is 1.35. The van der Waals surface area contributed by atoms with Crippen LogP contribution in [0.5, 0.6) is 0 Å². The van der Waals surface area contributed by atoms with Gasteiger partial charge in [0.2, 0.25) is 5.91 Å². The molecular weight excluding hydrogens is 216 g/mol. The summed E-state index contributed by atoms with van der Waals surface area (Å²) in [6.07, 6.45) is 4.85. The largest absolute Gasteiger partial charge is 0.355 e. The predicted molar refractivity (Wildman–Crippen MR) is 67.8 cm³/mol. The highest BCUT2D eigenvalue weighted by Crippen LogP contribution is 2.19. The molecule has 0 radical (unpaired) electrons. The topological polar surface area (TPSA) is 49.4 Å². The molecule has 0 bridgehead atoms. The van der Waals surface area contributed by atoms with E-state index in [9.17, 15) is 9.59 Å². The van der Waals surface area contributed by atoms with Crippen molar-refractivity contribution in [3.8, 4) is 0 Å². The SMILES string of the molecule is CCCCNC(=O)CN1CCCC1CC(C)=O. The molecule has 1 fully saturated rings. The standard InChI is InChI=1S/C13H24N2O2/c1-3-4-7-14-13(17)10-15-8-5-6-12(15)9-11(2)16/h12H,3-10H2,1-2H3,(H,14,17). The highest BCUT2D eigenvalue weighted by molar-refractivity contribution is 5.78. The van der Waals surface area contributed by atoms with Gasteiger partial charge >= 0.3 is 0 Å². The van der Waals surface area contributed by atoms with E-state index in [1.165, 1.54) is 0 Å². The molecule has 0 aromatic heterocycles. The van der Waals surface area contributed by atoms with Gasteiger partial charge in [-0.3, -0.25) is 14.5 Å². The monoisotopic (exact) mass is 240 g/mol. The molecular formula is C13H24N2O2. The number of hydrogen-bond acceptors (Lipinski definition) is 3. The van der Waals surface area contributed by atoms with E-state index < -0.39 is 0 Å². The Kier molecular flexibility index (Phi) is 6.19. The van der Waals surface area contributed by atoms with Crippen molar-refractivity contribution < 1.29 is 9.59 Å². The number of nitrogens with one attached hydrogen (secondary N) is 1. The summed E-state index contributed by atoms with van der Waals surface area (Å²) in [7, 11) is 0. The van der Waals surface area contributed by atoms with Gasteiger partial charge < -0.3 is 5.32 Å². The van der Waals surface area contributed by atoms with Gasteiger partial charge in [-0.1, -0.05) is 13.3 Å². The van der Waals surface area contributed by atoms with Crippen molar-refractivity contribution >= 4 is 11.7 Å². The first kappa shape index (κ1) is 14.2. The summed E-state index contributed by atoms with van der Waals surface area (Å²) in [5.41, 5.74) is 0. The molecule has 0 spiro atoms. The summed E-state index contributed by atoms with van der Waals surface area (Å²) in [4.78, 5) is 24.9. The van der Waals surface area contributed by atoms with Crippen LogP contribution >= 0.6 is 0 Å². The maximum Gasteiger partial charge on any atom is 0.234 e. The van der Waals surface area contributed by atoms with Crippen LogP contribution in [0.2, 0.25) is 0 Å². The number of amides is 1. The van der Waals surface area contributed by atoms with Crippen LogP contribution in [0.15, 0.2) is 0 Å². The van der Waals surface area contributed by atoms with E-state index in [0.29, 0.717) is 13.0 Å². The van der Waals surface area contributed by atoms with Crippen LogP contribution in [0.3, 0.4) is 0 Å². The number of unbranched alkanes of at least 4 members (excludes halogenated alkanes) is 1. The Balaban J connectivity index is 2.28. The zero-order valence-corrected chi connectivity index (χ0v) is 11.0. The molecule has 0 aromatic rings. The van der Waals surface area contributed by atoms with Gasteiger partial charge in [0.1, 0.15) is 5.78 Å². The second-order valence-corrected chi connectivity index (χ2v) is 4.88. The number of likely N-dealkylation sites (tertiary alicyclic amines) is 1. The van der Waals surface area contributed by atoms with Gasteiger partial charge in [0.15, 0.2) is 0 Å². The number of carbonyl (C=O) groups is 2. The molecule has 1 aliphatic heterocycles. The second-order valence-electron chi connectivity index (χ2n) is 4.88. The zero-order valence-electron chi connectivity index (χ0n) is 11.0. The van der Waals surface area contributed by atoms with Crippen LogP contribution in [-0.2, 0) is 9.59 Å². The first-order valence-corrected chi connectivity index (χ1v) is 6.63. The lowest BCUT2D eigenvalue weighted by atomic mass is 10.1. The molecule has 0 aliphatic carbocycles. The van der Waals surface area contributed by atoms with Crippen molar-refractivity contribution in [1.29, 1.82) is 0 Å². The number of ketones is 1. The maximum absolute atomic E-state index is 11.7. The summed E-state index contributed by atoms with van der Waals surface area (Å²) in [6, 6.07) is 0.282. The number of rotatable bonds is 7. The minimum Gasteiger partial charge on any atom is -0.355 e. The maximum atomic E-state index is 11.7. The molecule has 0 saturated carbocycles. The quantitative estimate of drug-likeness (QED) is 0.683. The normalized spacial score (nSPS) is 20.5. The lowest BCUT2D eigenvalue weighted by Gasteiger charge is -2.22. The molecule has 4 heteroatoms. The fourth-order valence-electron chi connectivity index (χ4n) is 2.31. The van der Waals surface area contributed by atoms with Gasteiger partial charge in [-0.25, -0.2) is 0 Å². The Morgan fingerprint density at radius 2 is 2.18 bits per heavy atom. The molecule has 4 nitrogen and oxygen atoms in total. The molecule has 1 atom stereocenters. The Hall–Kier alpha value is -0.900. The minimum absolute atomic E-state index is 0.0916. The summed E-state index contributed by atoms with van der Waals surface area (Å²) in [5.74, 6) is 0.308. The average Bonchev–Trinajstić information content (AvgIpc) is 2.65. The van der Waals surface area contributed by atoms with Crippen molar-refractivity contribution in [2.24, 2.45) is 0 Å². The van der Waals surface area contributed by atoms with Crippen molar-refractivity contribution in [3.63, 3.8) is 0 Å². The molecule has 1 saturated heterocycles. The van der Waals surface area contributed by atoms with Gasteiger partial charge in [-0.05, 0) is 32.7 Å². The lowest BCUT2D eigenvalue weighted by molar-refractivity contribution is -0.123. The van der Waals surface area contributed by atoms with Crippen LogP contribution in [0.1, 0.15) is 46.0 Å². The van der Waals surface area contributed by atoms with Crippen LogP contribution in [-0.4, -0.2) is 42.3 Å². The molecule has 1 amide bonds. The van der Waals surface area contributed by atoms with E-state index >= 15 is 0 Å². The first-order valence-electron chi connectivity index (χ1n) is 6.63. The van der Waals surface area contributed by atoms with Crippen LogP contribution in [0, 0.1) is 0 Å². The third kappa shape index (κ3) is 5.31. The number of carbonyl (C=O) groups excluding carboxylic acids is 2. The minimum atomic E-state index is 0.0916. The molecule has 0 aromatic carbocycles. The van der Waals surface area contributed by atoms with Crippen molar-refractivity contribution in [3.05, 3.63) is 0 Å². The van der Waals surface area contributed by atoms with Gasteiger partial charge in [0.05, 0.1) is 6.54 Å². The number of Topliss-reactive ketones (excluding diaryl/α,β-unsaturated/α-hetero) is 1. The third-order valence-corrected chi connectivity index (χ3v) is 3.22. The molecule has 1 unspecified atom stereocenters. The smallest absolute Gasteiger partial charge is 0.234 e. The number of hydrogen-bond donors (Lipinski definition) is 1. The van der Waals surface area contributed by atoms with E-state index in [0.717, 1.165) is 38.8 Å². The fourth-order valence-corrected chi connectivity index (χ4v) is 2.31. The second kappa shape index (κ2) is 7.43. The van der Waals surface area contributed by atoms with E-state index in [-0.39, 0.29) is 17.7 Å². The van der Waals surface area contributed by atoms with Gasteiger partial charge in [-0.15, -0.1) is 0 Å². The Labute approximate surface area is 104 Å². The Morgan fingerprint density at radius 3 is 2.82 bits per heavy atom. The zero-order chi connectivity index (χ0) is 12.7. The first-order chi connectivity index (χ1) is 8.13. The van der Waals surface area contributed by atoms with Crippen LogP contribution in [0.25, 0.3) is 0 Å². The highest BCUT2D eigenvalue weighted by Gasteiger charge is 2.26. The van der Waals surface area contributed by atoms with Crippen LogP contribution in [0.4, 0.5) is 0 Å². The molecule has 17 heavy (non-hydrogen) atoms. The van der Waals surface area contributed by atoms with E-state index in [2.05, 4.69) is 17.1 Å². The molecule has 1 N–H and O–H groups in total. The molecule has 1 aliphatic rings. The van der Waals surface area contributed by atoms with Gasteiger partial charge in [0.25, 0.3) is 0 Å².